The van der Waals surface area contributed by atoms with Gasteiger partial charge >= 0.3 is 0 Å². The van der Waals surface area contributed by atoms with Gasteiger partial charge in [0, 0.05) is 29.8 Å². The summed E-state index contributed by atoms with van der Waals surface area (Å²) in [5, 5.41) is 4.24. The van der Waals surface area contributed by atoms with Gasteiger partial charge in [-0.25, -0.2) is 0 Å². The minimum atomic E-state index is -0.125. The molecule has 1 fully saturated rings. The van der Waals surface area contributed by atoms with Crippen LogP contribution in [0.4, 0.5) is 5.69 Å². The first-order valence-electron chi connectivity index (χ1n) is 7.78. The highest BCUT2D eigenvalue weighted by Gasteiger charge is 2.31. The molecule has 3 nitrogen and oxygen atoms in total. The van der Waals surface area contributed by atoms with E-state index < -0.39 is 0 Å². The summed E-state index contributed by atoms with van der Waals surface area (Å²) in [6.07, 6.45) is 0.230. The lowest BCUT2D eigenvalue weighted by Crippen LogP contribution is -2.52. The van der Waals surface area contributed by atoms with E-state index in [4.69, 9.17) is 16.3 Å². The van der Waals surface area contributed by atoms with Crippen LogP contribution < -0.4 is 10.2 Å². The van der Waals surface area contributed by atoms with Crippen LogP contribution in [0.25, 0.3) is 0 Å². The minimum absolute atomic E-state index is 0.125. The first-order chi connectivity index (χ1) is 9.82. The van der Waals surface area contributed by atoms with Gasteiger partial charge in [-0.2, -0.15) is 0 Å². The monoisotopic (exact) mass is 310 g/mol. The van der Waals surface area contributed by atoms with Crippen molar-refractivity contribution in [2.75, 3.05) is 24.5 Å². The van der Waals surface area contributed by atoms with Gasteiger partial charge in [0.2, 0.25) is 0 Å². The number of anilines is 1. The smallest absolute Gasteiger partial charge is 0.0805 e. The van der Waals surface area contributed by atoms with E-state index in [9.17, 15) is 0 Å². The molecule has 1 heterocycles. The van der Waals surface area contributed by atoms with Crippen molar-refractivity contribution in [1.29, 1.82) is 0 Å². The topological polar surface area (TPSA) is 24.5 Å². The lowest BCUT2D eigenvalue weighted by molar-refractivity contribution is -0.0749. The molecule has 2 rings (SSSR count). The van der Waals surface area contributed by atoms with Crippen molar-refractivity contribution >= 4 is 17.3 Å². The van der Waals surface area contributed by atoms with Crippen LogP contribution in [0, 0.1) is 0 Å². The summed E-state index contributed by atoms with van der Waals surface area (Å²) in [6.45, 7) is 13.4. The molecule has 0 radical (unpaired) electrons. The molecule has 4 heteroatoms. The molecule has 2 unspecified atom stereocenters. The Bertz CT molecular complexity index is 490. The van der Waals surface area contributed by atoms with Crippen LogP contribution in [0.2, 0.25) is 5.02 Å². The molecule has 1 aliphatic heterocycles. The highest BCUT2D eigenvalue weighted by Crippen LogP contribution is 2.31. The number of hydrogen-bond acceptors (Lipinski definition) is 3. The first-order valence-corrected chi connectivity index (χ1v) is 8.16. The fourth-order valence-electron chi connectivity index (χ4n) is 3.13. The van der Waals surface area contributed by atoms with E-state index in [-0.39, 0.29) is 17.7 Å². The van der Waals surface area contributed by atoms with Crippen molar-refractivity contribution in [2.45, 2.75) is 52.4 Å². The Labute approximate surface area is 133 Å². The fourth-order valence-corrected chi connectivity index (χ4v) is 3.47. The van der Waals surface area contributed by atoms with Gasteiger partial charge in [0.1, 0.15) is 0 Å². The number of hydrogen-bond donors (Lipinski definition) is 1. The second-order valence-electron chi connectivity index (χ2n) is 6.55. The Morgan fingerprint density at radius 1 is 1.48 bits per heavy atom. The molecule has 2 atom stereocenters. The van der Waals surface area contributed by atoms with Gasteiger partial charge in [-0.3, -0.25) is 0 Å². The van der Waals surface area contributed by atoms with Crippen LogP contribution in [0.15, 0.2) is 18.2 Å². The van der Waals surface area contributed by atoms with Crippen LogP contribution >= 0.6 is 11.6 Å². The SMILES string of the molecule is CCNC(C)c1ccc(N2CC(C)OC(C)(C)C2)cc1Cl. The summed E-state index contributed by atoms with van der Waals surface area (Å²) in [7, 11) is 0. The number of halogens is 1. The second kappa shape index (κ2) is 6.55. The van der Waals surface area contributed by atoms with Crippen LogP contribution in [-0.4, -0.2) is 31.3 Å². The number of ether oxygens (including phenoxy) is 1. The van der Waals surface area contributed by atoms with E-state index in [1.165, 1.54) is 5.69 Å². The second-order valence-corrected chi connectivity index (χ2v) is 6.96. The van der Waals surface area contributed by atoms with Crippen LogP contribution in [0.1, 0.15) is 46.2 Å². The third-order valence-corrected chi connectivity index (χ3v) is 4.22. The van der Waals surface area contributed by atoms with Gasteiger partial charge in [-0.1, -0.05) is 24.6 Å². The van der Waals surface area contributed by atoms with Gasteiger partial charge in [0.25, 0.3) is 0 Å². The summed E-state index contributed by atoms with van der Waals surface area (Å²) in [5.74, 6) is 0. The molecular formula is C17H27ClN2O. The van der Waals surface area contributed by atoms with Crippen molar-refractivity contribution in [3.05, 3.63) is 28.8 Å². The zero-order valence-electron chi connectivity index (χ0n) is 13.7. The highest BCUT2D eigenvalue weighted by molar-refractivity contribution is 6.31. The fraction of sp³-hybridized carbons (Fsp3) is 0.647. The maximum atomic E-state index is 6.49. The lowest BCUT2D eigenvalue weighted by atomic mass is 10.0. The average Bonchev–Trinajstić information content (AvgIpc) is 2.36. The van der Waals surface area contributed by atoms with E-state index in [1.54, 1.807) is 0 Å². The first kappa shape index (κ1) is 16.6. The van der Waals surface area contributed by atoms with Gasteiger partial charge in [0.05, 0.1) is 11.7 Å². The number of nitrogens with zero attached hydrogens (tertiary/aromatic N) is 1. The van der Waals surface area contributed by atoms with Crippen molar-refractivity contribution in [3.8, 4) is 0 Å². The summed E-state index contributed by atoms with van der Waals surface area (Å²) in [4.78, 5) is 2.36. The third-order valence-electron chi connectivity index (χ3n) is 3.90. The van der Waals surface area contributed by atoms with Gasteiger partial charge in [0.15, 0.2) is 0 Å². The third kappa shape index (κ3) is 4.12. The summed E-state index contributed by atoms with van der Waals surface area (Å²) in [6, 6.07) is 6.66. The van der Waals surface area contributed by atoms with Gasteiger partial charge < -0.3 is 15.0 Å². The Balaban J connectivity index is 2.19. The molecule has 118 valence electrons. The summed E-state index contributed by atoms with van der Waals surface area (Å²) < 4.78 is 5.96. The van der Waals surface area contributed by atoms with E-state index in [0.717, 1.165) is 30.2 Å². The van der Waals surface area contributed by atoms with Crippen LogP contribution in [0.3, 0.4) is 0 Å². The standard InChI is InChI=1S/C17H27ClN2O/c1-6-19-13(3)15-8-7-14(9-16(15)18)20-10-12(2)21-17(4,5)11-20/h7-9,12-13,19H,6,10-11H2,1-5H3. The predicted molar refractivity (Wildman–Crippen MR) is 90.4 cm³/mol. The quantitative estimate of drug-likeness (QED) is 0.909. The molecular weight excluding hydrogens is 284 g/mol. The molecule has 0 aromatic heterocycles. The number of morpholine rings is 1. The zero-order valence-corrected chi connectivity index (χ0v) is 14.5. The average molecular weight is 311 g/mol. The maximum absolute atomic E-state index is 6.49. The van der Waals surface area contributed by atoms with E-state index in [1.807, 2.05) is 0 Å². The molecule has 0 amide bonds. The summed E-state index contributed by atoms with van der Waals surface area (Å²) in [5.41, 5.74) is 2.21. The minimum Gasteiger partial charge on any atom is -0.369 e. The Hall–Kier alpha value is -0.770. The molecule has 0 spiro atoms. The van der Waals surface area contributed by atoms with Crippen LogP contribution in [0.5, 0.6) is 0 Å². The molecule has 0 aliphatic carbocycles. The maximum Gasteiger partial charge on any atom is 0.0805 e. The van der Waals surface area contributed by atoms with Gasteiger partial charge in [-0.15, -0.1) is 0 Å². The van der Waals surface area contributed by atoms with Crippen molar-refractivity contribution in [2.24, 2.45) is 0 Å². The Kier molecular flexibility index (Phi) is 5.18. The molecule has 0 bridgehead atoms. The largest absolute Gasteiger partial charge is 0.369 e. The lowest BCUT2D eigenvalue weighted by Gasteiger charge is -2.43. The normalized spacial score (nSPS) is 23.1. The molecule has 1 N–H and O–H groups in total. The van der Waals surface area contributed by atoms with E-state index in [2.05, 4.69) is 63.0 Å². The van der Waals surface area contributed by atoms with Crippen molar-refractivity contribution in [3.63, 3.8) is 0 Å². The van der Waals surface area contributed by atoms with E-state index in [0.29, 0.717) is 0 Å². The van der Waals surface area contributed by atoms with Crippen molar-refractivity contribution < 1.29 is 4.74 Å². The molecule has 21 heavy (non-hydrogen) atoms. The number of rotatable bonds is 4. The Morgan fingerprint density at radius 3 is 2.76 bits per heavy atom. The molecule has 1 aromatic carbocycles. The number of nitrogens with one attached hydrogen (secondary N) is 1. The summed E-state index contributed by atoms with van der Waals surface area (Å²) >= 11 is 6.49. The van der Waals surface area contributed by atoms with Gasteiger partial charge in [-0.05, 0) is 51.9 Å². The van der Waals surface area contributed by atoms with E-state index >= 15 is 0 Å². The molecule has 0 saturated carbocycles. The zero-order chi connectivity index (χ0) is 15.6. The molecule has 1 saturated heterocycles. The highest BCUT2D eigenvalue weighted by atomic mass is 35.5. The Morgan fingerprint density at radius 2 is 2.19 bits per heavy atom. The molecule has 1 aliphatic rings. The van der Waals surface area contributed by atoms with Crippen molar-refractivity contribution in [1.82, 2.24) is 5.32 Å². The number of benzene rings is 1. The molecule has 1 aromatic rings. The predicted octanol–water partition coefficient (Wildman–Crippen LogP) is 4.01. The van der Waals surface area contributed by atoms with Crippen LogP contribution in [-0.2, 0) is 4.74 Å².